The molecule has 1 aliphatic carbocycles. The van der Waals surface area contributed by atoms with Crippen LogP contribution in [-0.4, -0.2) is 19.6 Å². The minimum absolute atomic E-state index is 0.145. The van der Waals surface area contributed by atoms with Crippen molar-refractivity contribution in [3.8, 4) is 5.75 Å². The van der Waals surface area contributed by atoms with E-state index in [1.165, 1.54) is 31.4 Å². The minimum Gasteiger partial charge on any atom is -0.457 e. The first-order valence-corrected chi connectivity index (χ1v) is 9.91. The van der Waals surface area contributed by atoms with Gasteiger partial charge in [0.1, 0.15) is 0 Å². The van der Waals surface area contributed by atoms with Crippen molar-refractivity contribution >= 4 is 0 Å². The van der Waals surface area contributed by atoms with E-state index in [4.69, 9.17) is 4.74 Å². The van der Waals surface area contributed by atoms with Crippen molar-refractivity contribution in [3.05, 3.63) is 29.3 Å². The van der Waals surface area contributed by atoms with Crippen molar-refractivity contribution in [1.82, 2.24) is 0 Å². The largest absolute Gasteiger partial charge is 0.457 e. The fraction of sp³-hybridized carbons (Fsp3) is 0.714. The molecule has 1 saturated heterocycles. The molecule has 1 heterocycles. The second-order valence-corrected chi connectivity index (χ2v) is 7.78. The lowest BCUT2D eigenvalue weighted by Gasteiger charge is -2.38. The Morgan fingerprint density at radius 3 is 2.27 bits per heavy atom. The highest BCUT2D eigenvalue weighted by Crippen LogP contribution is 2.41. The van der Waals surface area contributed by atoms with Crippen LogP contribution in [0.25, 0.3) is 0 Å². The molecule has 5 heteroatoms. The summed E-state index contributed by atoms with van der Waals surface area (Å²) in [6, 6.07) is 2.59. The van der Waals surface area contributed by atoms with Gasteiger partial charge in [0.15, 0.2) is 17.4 Å². The first kappa shape index (κ1) is 19.5. The van der Waals surface area contributed by atoms with Gasteiger partial charge in [0.2, 0.25) is 6.86 Å². The Kier molecular flexibility index (Phi) is 6.85. The van der Waals surface area contributed by atoms with Crippen molar-refractivity contribution < 1.29 is 22.6 Å². The molecule has 3 rings (SSSR count). The number of hydrogen-bond donors (Lipinski definition) is 0. The molecule has 0 N–H and O–H groups in total. The van der Waals surface area contributed by atoms with Crippen molar-refractivity contribution in [2.45, 2.75) is 70.3 Å². The maximum absolute atomic E-state index is 14.0. The molecule has 0 aromatic heterocycles. The van der Waals surface area contributed by atoms with Crippen LogP contribution in [0.15, 0.2) is 12.1 Å². The van der Waals surface area contributed by atoms with Crippen molar-refractivity contribution in [1.29, 1.82) is 0 Å². The molecule has 2 unspecified atom stereocenters. The molecular formula is C21H29F3O2. The zero-order chi connectivity index (χ0) is 18.5. The summed E-state index contributed by atoms with van der Waals surface area (Å²) in [6.07, 6.45) is 9.07. The maximum Gasteiger partial charge on any atom is 0.228 e. The standard InChI is InChI=1S/C21H29F3O2/c1-2-3-14-4-9-20(25-12-14)16-7-5-15(6-8-16)17-10-18(23)21(26-13-22)19(24)11-17/h10-11,14-16,20H,2-9,12-13H2,1H3. The van der Waals surface area contributed by atoms with Crippen molar-refractivity contribution in [3.63, 3.8) is 0 Å². The summed E-state index contributed by atoms with van der Waals surface area (Å²) in [5, 5.41) is 0. The third-order valence-electron chi connectivity index (χ3n) is 6.09. The normalized spacial score (nSPS) is 29.5. The Morgan fingerprint density at radius 2 is 1.73 bits per heavy atom. The predicted octanol–water partition coefficient (Wildman–Crippen LogP) is 6.14. The van der Waals surface area contributed by atoms with Gasteiger partial charge in [-0.3, -0.25) is 0 Å². The van der Waals surface area contributed by atoms with Crippen LogP contribution in [-0.2, 0) is 4.74 Å². The highest BCUT2D eigenvalue weighted by atomic mass is 19.1. The number of halogens is 3. The molecular weight excluding hydrogens is 341 g/mol. The summed E-state index contributed by atoms with van der Waals surface area (Å²) < 4.78 is 50.7. The van der Waals surface area contributed by atoms with E-state index < -0.39 is 24.2 Å². The van der Waals surface area contributed by atoms with E-state index in [-0.39, 0.29) is 5.92 Å². The fourth-order valence-electron chi connectivity index (χ4n) is 4.67. The van der Waals surface area contributed by atoms with E-state index in [9.17, 15) is 13.2 Å². The molecule has 2 atom stereocenters. The third kappa shape index (κ3) is 4.54. The molecule has 26 heavy (non-hydrogen) atoms. The highest BCUT2D eigenvalue weighted by molar-refractivity contribution is 5.33. The van der Waals surface area contributed by atoms with Gasteiger partial charge in [-0.15, -0.1) is 0 Å². The van der Waals surface area contributed by atoms with Crippen LogP contribution in [0.1, 0.15) is 69.8 Å². The zero-order valence-electron chi connectivity index (χ0n) is 15.5. The Morgan fingerprint density at radius 1 is 1.04 bits per heavy atom. The predicted molar refractivity (Wildman–Crippen MR) is 95.0 cm³/mol. The Labute approximate surface area is 154 Å². The minimum atomic E-state index is -1.24. The summed E-state index contributed by atoms with van der Waals surface area (Å²) in [5.74, 6) is -0.857. The molecule has 1 aromatic rings. The second kappa shape index (κ2) is 9.12. The molecule has 0 radical (unpaired) electrons. The van der Waals surface area contributed by atoms with Crippen LogP contribution in [0.5, 0.6) is 5.75 Å². The van der Waals surface area contributed by atoms with Gasteiger partial charge >= 0.3 is 0 Å². The van der Waals surface area contributed by atoms with Gasteiger partial charge in [-0.25, -0.2) is 13.2 Å². The average molecular weight is 370 g/mol. The van der Waals surface area contributed by atoms with E-state index in [1.807, 2.05) is 0 Å². The highest BCUT2D eigenvalue weighted by Gasteiger charge is 2.32. The lowest BCUT2D eigenvalue weighted by atomic mass is 9.75. The smallest absolute Gasteiger partial charge is 0.228 e. The summed E-state index contributed by atoms with van der Waals surface area (Å²) in [4.78, 5) is 0. The molecule has 146 valence electrons. The first-order valence-electron chi connectivity index (χ1n) is 9.91. The van der Waals surface area contributed by atoms with E-state index in [1.54, 1.807) is 0 Å². The topological polar surface area (TPSA) is 18.5 Å². The van der Waals surface area contributed by atoms with Crippen LogP contribution < -0.4 is 4.74 Å². The van der Waals surface area contributed by atoms with E-state index >= 15 is 0 Å². The summed E-state index contributed by atoms with van der Waals surface area (Å²) in [6.45, 7) is 1.86. The molecule has 1 aromatic carbocycles. The summed E-state index contributed by atoms with van der Waals surface area (Å²) in [7, 11) is 0. The first-order chi connectivity index (χ1) is 12.6. The Bertz CT molecular complexity index is 554. The van der Waals surface area contributed by atoms with Gasteiger partial charge < -0.3 is 9.47 Å². The molecule has 0 spiro atoms. The lowest BCUT2D eigenvalue weighted by molar-refractivity contribution is -0.0575. The monoisotopic (exact) mass is 370 g/mol. The number of ether oxygens (including phenoxy) is 2. The van der Waals surface area contributed by atoms with Crippen molar-refractivity contribution in [2.24, 2.45) is 11.8 Å². The number of rotatable bonds is 6. The van der Waals surface area contributed by atoms with Gasteiger partial charge in [-0.05, 0) is 80.4 Å². The van der Waals surface area contributed by atoms with E-state index in [0.29, 0.717) is 23.5 Å². The van der Waals surface area contributed by atoms with Gasteiger partial charge in [0.05, 0.1) is 6.10 Å². The van der Waals surface area contributed by atoms with Gasteiger partial charge in [-0.2, -0.15) is 0 Å². The average Bonchev–Trinajstić information content (AvgIpc) is 2.66. The Hall–Kier alpha value is -1.23. The van der Waals surface area contributed by atoms with E-state index in [0.717, 1.165) is 38.7 Å². The molecule has 1 aliphatic heterocycles. The summed E-state index contributed by atoms with van der Waals surface area (Å²) in [5.41, 5.74) is 0.650. The van der Waals surface area contributed by atoms with Gasteiger partial charge in [0.25, 0.3) is 0 Å². The second-order valence-electron chi connectivity index (χ2n) is 7.78. The van der Waals surface area contributed by atoms with Crippen LogP contribution in [0, 0.1) is 23.5 Å². The number of alkyl halides is 1. The molecule has 1 saturated carbocycles. The molecule has 2 fully saturated rings. The number of benzene rings is 1. The third-order valence-corrected chi connectivity index (χ3v) is 6.09. The molecule has 2 nitrogen and oxygen atoms in total. The van der Waals surface area contributed by atoms with E-state index in [2.05, 4.69) is 11.7 Å². The summed E-state index contributed by atoms with van der Waals surface area (Å²) >= 11 is 0. The molecule has 0 bridgehead atoms. The van der Waals surface area contributed by atoms with Gasteiger partial charge in [-0.1, -0.05) is 13.3 Å². The SMILES string of the molecule is CCCC1CCC(C2CCC(c3cc(F)c(OCF)c(F)c3)CC2)OC1. The van der Waals surface area contributed by atoms with Crippen LogP contribution in [0.3, 0.4) is 0 Å². The zero-order valence-corrected chi connectivity index (χ0v) is 15.5. The quantitative estimate of drug-likeness (QED) is 0.599. The lowest BCUT2D eigenvalue weighted by Crippen LogP contribution is -2.34. The van der Waals surface area contributed by atoms with Crippen molar-refractivity contribution in [2.75, 3.05) is 13.5 Å². The number of hydrogen-bond acceptors (Lipinski definition) is 2. The van der Waals surface area contributed by atoms with Gasteiger partial charge in [0, 0.05) is 6.61 Å². The van der Waals surface area contributed by atoms with Crippen LogP contribution in [0.4, 0.5) is 13.2 Å². The van der Waals surface area contributed by atoms with Crippen LogP contribution in [0.2, 0.25) is 0 Å². The van der Waals surface area contributed by atoms with Crippen LogP contribution >= 0.6 is 0 Å². The molecule has 2 aliphatic rings. The Balaban J connectivity index is 1.54. The molecule has 0 amide bonds. The maximum atomic E-state index is 14.0. The fourth-order valence-corrected chi connectivity index (χ4v) is 4.67.